The molecule has 1 heterocycles. The summed E-state index contributed by atoms with van der Waals surface area (Å²) in [6, 6.07) is 14.5. The van der Waals surface area contributed by atoms with Crippen molar-refractivity contribution in [3.05, 3.63) is 70.1 Å². The maximum Gasteiger partial charge on any atom is 0.274 e. The highest BCUT2D eigenvalue weighted by Gasteiger charge is 2.12. The summed E-state index contributed by atoms with van der Waals surface area (Å²) in [6.45, 7) is 2.32. The van der Waals surface area contributed by atoms with Crippen molar-refractivity contribution in [2.24, 2.45) is 7.05 Å². The number of carbonyl (C=O) groups is 2. The zero-order valence-electron chi connectivity index (χ0n) is 16.6. The van der Waals surface area contributed by atoms with E-state index >= 15 is 0 Å². The van der Waals surface area contributed by atoms with Crippen molar-refractivity contribution < 1.29 is 9.59 Å². The fourth-order valence-electron chi connectivity index (χ4n) is 3.08. The van der Waals surface area contributed by atoms with Gasteiger partial charge < -0.3 is 10.6 Å². The molecule has 0 aliphatic carbocycles. The standard InChI is InChI=1S/C22H24N4O3/c1-3-6-20(27)24-16-11-9-15(10-12-16)14-23-21(28)13-19-17-7-4-5-8-18(17)22(29)26(2)25-19/h4-5,7-12H,3,6,13-14H2,1-2H3,(H,23,28)(H,24,27). The molecule has 2 aromatic carbocycles. The number of carbonyl (C=O) groups excluding carboxylic acids is 2. The molecule has 0 radical (unpaired) electrons. The molecule has 0 saturated heterocycles. The normalized spacial score (nSPS) is 10.7. The maximum absolute atomic E-state index is 12.4. The molecule has 7 nitrogen and oxygen atoms in total. The minimum atomic E-state index is -0.184. The molecule has 2 amide bonds. The van der Waals surface area contributed by atoms with E-state index in [2.05, 4.69) is 15.7 Å². The number of rotatable bonds is 7. The van der Waals surface area contributed by atoms with Gasteiger partial charge in [-0.25, -0.2) is 4.68 Å². The van der Waals surface area contributed by atoms with E-state index in [1.807, 2.05) is 37.3 Å². The summed E-state index contributed by atoms with van der Waals surface area (Å²) in [5.74, 6) is -0.188. The van der Waals surface area contributed by atoms with Crippen molar-refractivity contribution in [2.45, 2.75) is 32.7 Å². The summed E-state index contributed by atoms with van der Waals surface area (Å²) in [4.78, 5) is 36.2. The molecule has 3 rings (SSSR count). The van der Waals surface area contributed by atoms with Crippen molar-refractivity contribution in [3.63, 3.8) is 0 Å². The Morgan fingerprint density at radius 3 is 2.38 bits per heavy atom. The van der Waals surface area contributed by atoms with Crippen LogP contribution in [0.1, 0.15) is 31.0 Å². The van der Waals surface area contributed by atoms with E-state index < -0.39 is 0 Å². The van der Waals surface area contributed by atoms with Crippen LogP contribution in [0.5, 0.6) is 0 Å². The number of nitrogens with zero attached hydrogens (tertiary/aromatic N) is 2. The van der Waals surface area contributed by atoms with E-state index in [4.69, 9.17) is 0 Å². The van der Waals surface area contributed by atoms with Gasteiger partial charge in [0.1, 0.15) is 0 Å². The number of aromatic nitrogens is 2. The number of hydrogen-bond acceptors (Lipinski definition) is 4. The van der Waals surface area contributed by atoms with Crippen LogP contribution in [0.4, 0.5) is 5.69 Å². The minimum absolute atomic E-state index is 0.00876. The van der Waals surface area contributed by atoms with Crippen molar-refractivity contribution in [3.8, 4) is 0 Å². The molecule has 0 aliphatic heterocycles. The monoisotopic (exact) mass is 392 g/mol. The molecule has 0 spiro atoms. The van der Waals surface area contributed by atoms with Crippen LogP contribution in [0.25, 0.3) is 10.8 Å². The van der Waals surface area contributed by atoms with Crippen LogP contribution >= 0.6 is 0 Å². The maximum atomic E-state index is 12.4. The highest BCUT2D eigenvalue weighted by atomic mass is 16.2. The fourth-order valence-corrected chi connectivity index (χ4v) is 3.08. The third-order valence-electron chi connectivity index (χ3n) is 4.57. The Hall–Kier alpha value is -3.48. The van der Waals surface area contributed by atoms with Crippen molar-refractivity contribution in [1.29, 1.82) is 0 Å². The van der Waals surface area contributed by atoms with Gasteiger partial charge in [0.05, 0.1) is 17.5 Å². The topological polar surface area (TPSA) is 93.1 Å². The number of hydrogen-bond donors (Lipinski definition) is 2. The van der Waals surface area contributed by atoms with Gasteiger partial charge in [0, 0.05) is 31.1 Å². The Balaban J connectivity index is 1.62. The molecule has 0 saturated carbocycles. The lowest BCUT2D eigenvalue weighted by molar-refractivity contribution is -0.120. The second kappa shape index (κ2) is 9.14. The quantitative estimate of drug-likeness (QED) is 0.646. The summed E-state index contributed by atoms with van der Waals surface area (Å²) >= 11 is 0. The fraction of sp³-hybridized carbons (Fsp3) is 0.273. The van der Waals surface area contributed by atoms with Crippen molar-refractivity contribution in [1.82, 2.24) is 15.1 Å². The lowest BCUT2D eigenvalue weighted by Gasteiger charge is -2.09. The first-order valence-electron chi connectivity index (χ1n) is 9.58. The zero-order chi connectivity index (χ0) is 20.8. The minimum Gasteiger partial charge on any atom is -0.352 e. The predicted molar refractivity (Wildman–Crippen MR) is 113 cm³/mol. The third kappa shape index (κ3) is 5.07. The third-order valence-corrected chi connectivity index (χ3v) is 4.57. The number of aryl methyl sites for hydroxylation is 1. The summed E-state index contributed by atoms with van der Waals surface area (Å²) in [5.41, 5.74) is 2.04. The highest BCUT2D eigenvalue weighted by molar-refractivity contribution is 5.90. The van der Waals surface area contributed by atoms with E-state index in [1.165, 1.54) is 4.68 Å². The Bertz CT molecular complexity index is 1090. The zero-order valence-corrected chi connectivity index (χ0v) is 16.6. The van der Waals surface area contributed by atoms with Gasteiger partial charge in [0.2, 0.25) is 11.8 Å². The first-order valence-corrected chi connectivity index (χ1v) is 9.58. The predicted octanol–water partition coefficient (Wildman–Crippen LogP) is 2.53. The number of benzene rings is 2. The molecule has 0 bridgehead atoms. The van der Waals surface area contributed by atoms with E-state index in [9.17, 15) is 14.4 Å². The molecule has 7 heteroatoms. The SMILES string of the molecule is CCCC(=O)Nc1ccc(CNC(=O)Cc2nn(C)c(=O)c3ccccc23)cc1. The van der Waals surface area contributed by atoms with Gasteiger partial charge in [0.15, 0.2) is 0 Å². The van der Waals surface area contributed by atoms with Gasteiger partial charge in [0.25, 0.3) is 5.56 Å². The van der Waals surface area contributed by atoms with E-state index in [0.29, 0.717) is 29.4 Å². The Labute approximate surface area is 168 Å². The number of nitrogens with one attached hydrogen (secondary N) is 2. The van der Waals surface area contributed by atoms with Crippen molar-refractivity contribution in [2.75, 3.05) is 5.32 Å². The molecule has 0 fully saturated rings. The second-order valence-corrected chi connectivity index (χ2v) is 6.87. The van der Waals surface area contributed by atoms with Gasteiger partial charge in [-0.05, 0) is 30.2 Å². The van der Waals surface area contributed by atoms with Gasteiger partial charge in [-0.1, -0.05) is 37.3 Å². The molecule has 0 atom stereocenters. The number of amides is 2. The molecule has 150 valence electrons. The first kappa shape index (κ1) is 20.3. The molecule has 0 aliphatic rings. The van der Waals surface area contributed by atoms with E-state index in [0.717, 1.165) is 17.7 Å². The lowest BCUT2D eigenvalue weighted by atomic mass is 10.1. The van der Waals surface area contributed by atoms with Crippen LogP contribution in [-0.2, 0) is 29.6 Å². The van der Waals surface area contributed by atoms with Gasteiger partial charge in [-0.3, -0.25) is 14.4 Å². The molecule has 29 heavy (non-hydrogen) atoms. The number of anilines is 1. The van der Waals surface area contributed by atoms with Crippen LogP contribution in [-0.4, -0.2) is 21.6 Å². The van der Waals surface area contributed by atoms with Crippen LogP contribution in [0.3, 0.4) is 0 Å². The Morgan fingerprint density at radius 2 is 1.69 bits per heavy atom. The molecular weight excluding hydrogens is 368 g/mol. The summed E-state index contributed by atoms with van der Waals surface area (Å²) in [6.07, 6.45) is 1.38. The van der Waals surface area contributed by atoms with E-state index in [1.54, 1.807) is 25.2 Å². The average molecular weight is 392 g/mol. The van der Waals surface area contributed by atoms with Gasteiger partial charge >= 0.3 is 0 Å². The van der Waals surface area contributed by atoms with Crippen molar-refractivity contribution >= 4 is 28.3 Å². The average Bonchev–Trinajstić information content (AvgIpc) is 2.71. The van der Waals surface area contributed by atoms with Gasteiger partial charge in [-0.2, -0.15) is 5.10 Å². The molecule has 3 aromatic rings. The van der Waals surface area contributed by atoms with Crippen LogP contribution in [0, 0.1) is 0 Å². The summed E-state index contributed by atoms with van der Waals surface area (Å²) in [5, 5.41) is 11.2. The smallest absolute Gasteiger partial charge is 0.274 e. The van der Waals surface area contributed by atoms with E-state index in [-0.39, 0.29) is 23.8 Å². The molecule has 1 aromatic heterocycles. The number of fused-ring (bicyclic) bond motifs is 1. The molecular formula is C22H24N4O3. The summed E-state index contributed by atoms with van der Waals surface area (Å²) < 4.78 is 1.26. The lowest BCUT2D eigenvalue weighted by Crippen LogP contribution is -2.27. The first-order chi connectivity index (χ1) is 14.0. The van der Waals surface area contributed by atoms with Crippen LogP contribution in [0.2, 0.25) is 0 Å². The molecule has 2 N–H and O–H groups in total. The highest BCUT2D eigenvalue weighted by Crippen LogP contribution is 2.14. The Morgan fingerprint density at radius 1 is 1.00 bits per heavy atom. The molecule has 0 unspecified atom stereocenters. The summed E-state index contributed by atoms with van der Waals surface area (Å²) in [7, 11) is 1.58. The van der Waals surface area contributed by atoms with Gasteiger partial charge in [-0.15, -0.1) is 0 Å². The largest absolute Gasteiger partial charge is 0.352 e. The second-order valence-electron chi connectivity index (χ2n) is 6.87. The van der Waals surface area contributed by atoms with Crippen LogP contribution in [0.15, 0.2) is 53.3 Å². The van der Waals surface area contributed by atoms with Crippen LogP contribution < -0.4 is 16.2 Å². The Kier molecular flexibility index (Phi) is 6.39.